The quantitative estimate of drug-likeness (QED) is 0.114. The highest BCUT2D eigenvalue weighted by Crippen LogP contribution is 2.59. The van der Waals surface area contributed by atoms with Crippen LogP contribution in [0, 0.1) is 0 Å². The first-order valence-corrected chi connectivity index (χ1v) is 26.8. The van der Waals surface area contributed by atoms with E-state index in [9.17, 15) is 0 Å². The third-order valence-corrected chi connectivity index (χ3v) is 16.2. The van der Waals surface area contributed by atoms with Crippen LogP contribution in [0.1, 0.15) is 60.4 Å². The minimum atomic E-state index is -0.816. The molecule has 2 aliphatic carbocycles. The Kier molecular flexibility index (Phi) is 11.5. The summed E-state index contributed by atoms with van der Waals surface area (Å²) in [6, 6.07) is 112. The van der Waals surface area contributed by atoms with Gasteiger partial charge in [-0.2, -0.15) is 0 Å². The third kappa shape index (κ3) is 7.39. The molecule has 0 atom stereocenters. The fourth-order valence-electron chi connectivity index (χ4n) is 12.9. The maximum atomic E-state index is 15.7. The molecule has 3 nitrogen and oxygen atoms in total. The average molecular weight is 997 g/mol. The molecule has 368 valence electrons. The van der Waals surface area contributed by atoms with Crippen LogP contribution in [-0.2, 0) is 10.8 Å². The first-order chi connectivity index (χ1) is 38.6. The zero-order valence-electron chi connectivity index (χ0n) is 42.8. The van der Waals surface area contributed by atoms with Gasteiger partial charge >= 0.3 is 0 Å². The topological polar surface area (TPSA) is 23.6 Å². The average Bonchev–Trinajstić information content (AvgIpc) is 4.22. The Morgan fingerprint density at radius 2 is 0.487 bits per heavy atom. The van der Waals surface area contributed by atoms with Crippen molar-refractivity contribution in [1.82, 2.24) is 0 Å². The number of para-hydroxylation sites is 4. The highest BCUT2D eigenvalue weighted by molar-refractivity contribution is 6.10. The van der Waals surface area contributed by atoms with E-state index < -0.39 is 10.8 Å². The van der Waals surface area contributed by atoms with Gasteiger partial charge in [-0.25, -0.2) is 0 Å². The van der Waals surface area contributed by atoms with E-state index in [2.05, 4.69) is 313 Å². The predicted octanol–water partition coefficient (Wildman–Crippen LogP) is 18.6. The van der Waals surface area contributed by atoms with Gasteiger partial charge in [0.2, 0.25) is 0 Å². The van der Waals surface area contributed by atoms with Crippen molar-refractivity contribution in [1.29, 1.82) is 0 Å². The van der Waals surface area contributed by atoms with E-state index in [0.717, 1.165) is 84.2 Å². The first-order valence-electron chi connectivity index (χ1n) is 26.8. The Balaban J connectivity index is 0.956. The lowest BCUT2D eigenvalue weighted by molar-refractivity contribution is 0.103. The zero-order valence-corrected chi connectivity index (χ0v) is 42.8. The molecule has 0 saturated heterocycles. The molecular weight excluding hydrogens is 945 g/mol. The summed E-state index contributed by atoms with van der Waals surface area (Å²) in [7, 11) is 0. The SMILES string of the molecule is O=C(c1ccc2c(c1)C(c1ccccc1)(c1ccccc1)c1ccccc1-2)c1ccc2c(c1)C(c1ccc(N(c3ccccc3)c3ccccc3)cc1)(c1ccc(N(c3ccccc3)c3ccccc3)cc1)c1ccccc1-2. The highest BCUT2D eigenvalue weighted by atomic mass is 16.1. The second-order valence-electron chi connectivity index (χ2n) is 20.3. The van der Waals surface area contributed by atoms with Gasteiger partial charge in [0.1, 0.15) is 0 Å². The smallest absolute Gasteiger partial charge is 0.193 e. The van der Waals surface area contributed by atoms with E-state index in [1.165, 1.54) is 16.7 Å². The van der Waals surface area contributed by atoms with Gasteiger partial charge in [0.05, 0.1) is 10.8 Å². The van der Waals surface area contributed by atoms with E-state index in [1.807, 2.05) is 12.1 Å². The third-order valence-electron chi connectivity index (χ3n) is 16.2. The maximum Gasteiger partial charge on any atom is 0.193 e. The van der Waals surface area contributed by atoms with E-state index in [0.29, 0.717) is 11.1 Å². The summed E-state index contributed by atoms with van der Waals surface area (Å²) >= 11 is 0. The summed E-state index contributed by atoms with van der Waals surface area (Å²) in [5.41, 5.74) is 19.9. The Morgan fingerprint density at radius 3 is 0.821 bits per heavy atom. The number of carbonyl (C=O) groups is 1. The molecule has 12 aromatic carbocycles. The van der Waals surface area contributed by atoms with Crippen molar-refractivity contribution in [2.75, 3.05) is 9.80 Å². The Hall–Kier alpha value is -10.1. The lowest BCUT2D eigenvalue weighted by Gasteiger charge is -2.35. The van der Waals surface area contributed by atoms with Gasteiger partial charge in [-0.05, 0) is 152 Å². The van der Waals surface area contributed by atoms with Crippen LogP contribution in [0.4, 0.5) is 34.1 Å². The highest BCUT2D eigenvalue weighted by Gasteiger charge is 2.48. The monoisotopic (exact) mass is 996 g/mol. The van der Waals surface area contributed by atoms with Crippen molar-refractivity contribution in [3.05, 3.63) is 371 Å². The molecule has 0 bridgehead atoms. The van der Waals surface area contributed by atoms with Gasteiger partial charge < -0.3 is 9.80 Å². The molecule has 0 aliphatic heterocycles. The van der Waals surface area contributed by atoms with Crippen LogP contribution in [0.25, 0.3) is 22.3 Å². The molecule has 78 heavy (non-hydrogen) atoms. The molecule has 0 fully saturated rings. The summed E-state index contributed by atoms with van der Waals surface area (Å²) in [6.45, 7) is 0. The number of rotatable bonds is 12. The largest absolute Gasteiger partial charge is 0.311 e. The molecule has 12 aromatic rings. The number of ketones is 1. The number of nitrogens with zero attached hydrogens (tertiary/aromatic N) is 2. The summed E-state index contributed by atoms with van der Waals surface area (Å²) in [5, 5.41) is 0. The number of benzene rings is 12. The molecule has 0 amide bonds. The second kappa shape index (κ2) is 19.2. The number of anilines is 6. The van der Waals surface area contributed by atoms with Crippen LogP contribution in [0.3, 0.4) is 0 Å². The lowest BCUT2D eigenvalue weighted by Crippen LogP contribution is -2.29. The minimum absolute atomic E-state index is 0.0233. The van der Waals surface area contributed by atoms with Gasteiger partial charge in [-0.15, -0.1) is 0 Å². The number of hydrogen-bond acceptors (Lipinski definition) is 3. The molecule has 0 saturated carbocycles. The molecule has 0 heterocycles. The number of fused-ring (bicyclic) bond motifs is 6. The van der Waals surface area contributed by atoms with Gasteiger partial charge in [-0.1, -0.05) is 231 Å². The van der Waals surface area contributed by atoms with Crippen molar-refractivity contribution in [3.8, 4) is 22.3 Å². The van der Waals surface area contributed by atoms with E-state index in [-0.39, 0.29) is 5.78 Å². The number of hydrogen-bond donors (Lipinski definition) is 0. The van der Waals surface area contributed by atoms with Crippen LogP contribution in [0.5, 0.6) is 0 Å². The van der Waals surface area contributed by atoms with E-state index in [4.69, 9.17) is 0 Å². The molecular formula is C75H52N2O. The van der Waals surface area contributed by atoms with Crippen LogP contribution in [0.2, 0.25) is 0 Å². The van der Waals surface area contributed by atoms with E-state index in [1.54, 1.807) is 0 Å². The summed E-state index contributed by atoms with van der Waals surface area (Å²) < 4.78 is 0. The van der Waals surface area contributed by atoms with Gasteiger partial charge in [-0.3, -0.25) is 4.79 Å². The molecule has 0 N–H and O–H groups in total. The van der Waals surface area contributed by atoms with Crippen molar-refractivity contribution >= 4 is 39.9 Å². The first kappa shape index (κ1) is 46.4. The Morgan fingerprint density at radius 1 is 0.231 bits per heavy atom. The zero-order chi connectivity index (χ0) is 52.0. The van der Waals surface area contributed by atoms with Crippen molar-refractivity contribution in [2.45, 2.75) is 10.8 Å². The molecule has 2 aliphatic rings. The van der Waals surface area contributed by atoms with Gasteiger partial charge in [0.15, 0.2) is 5.78 Å². The molecule has 0 radical (unpaired) electrons. The van der Waals surface area contributed by atoms with Crippen molar-refractivity contribution in [2.24, 2.45) is 0 Å². The molecule has 0 spiro atoms. The van der Waals surface area contributed by atoms with Gasteiger partial charge in [0, 0.05) is 45.3 Å². The Bertz CT molecular complexity index is 3880. The molecule has 0 aromatic heterocycles. The van der Waals surface area contributed by atoms with Crippen LogP contribution < -0.4 is 9.80 Å². The second-order valence-corrected chi connectivity index (χ2v) is 20.3. The fraction of sp³-hybridized carbons (Fsp3) is 0.0267. The van der Waals surface area contributed by atoms with Gasteiger partial charge in [0.25, 0.3) is 0 Å². The minimum Gasteiger partial charge on any atom is -0.311 e. The summed E-state index contributed by atoms with van der Waals surface area (Å²) in [6.07, 6.45) is 0. The van der Waals surface area contributed by atoms with Crippen LogP contribution in [-0.4, -0.2) is 5.78 Å². The molecule has 14 rings (SSSR count). The standard InChI is InChI=1S/C75H52N2O/c78-73(53-39-49-67-65-35-19-21-37-69(65)74(71(67)51-53,55-23-7-1-8-24-55)56-25-9-2-10-26-56)54-40-50-68-66-36-20-22-38-70(66)75(72(68)52-54,57-41-45-63(46-42-57)76(59-27-11-3-12-28-59)60-29-13-4-14-30-60)58-43-47-64(48-44-58)77(61-31-15-5-16-32-61)62-33-17-6-18-34-62/h1-52H. The van der Waals surface area contributed by atoms with Crippen LogP contribution in [0.15, 0.2) is 315 Å². The summed E-state index contributed by atoms with van der Waals surface area (Å²) in [5.74, 6) is -0.0233. The predicted molar refractivity (Wildman–Crippen MR) is 320 cm³/mol. The lowest BCUT2D eigenvalue weighted by atomic mass is 9.67. The Labute approximate surface area is 456 Å². The molecule has 3 heteroatoms. The summed E-state index contributed by atoms with van der Waals surface area (Å²) in [4.78, 5) is 20.3. The normalized spacial score (nSPS) is 13.1. The van der Waals surface area contributed by atoms with Crippen molar-refractivity contribution in [3.63, 3.8) is 0 Å². The molecule has 0 unspecified atom stereocenters. The van der Waals surface area contributed by atoms with Crippen molar-refractivity contribution < 1.29 is 4.79 Å². The van der Waals surface area contributed by atoms with Crippen LogP contribution >= 0.6 is 0 Å². The van der Waals surface area contributed by atoms with E-state index >= 15 is 4.79 Å². The maximum absolute atomic E-state index is 15.7. The number of carbonyl (C=O) groups excluding carboxylic acids is 1. The fourth-order valence-corrected chi connectivity index (χ4v) is 12.9.